The van der Waals surface area contributed by atoms with Crippen LogP contribution in [0.4, 0.5) is 0 Å². The van der Waals surface area contributed by atoms with Crippen molar-refractivity contribution in [1.29, 1.82) is 0 Å². The highest BCUT2D eigenvalue weighted by molar-refractivity contribution is 4.94. The molecule has 16 heavy (non-hydrogen) atoms. The predicted molar refractivity (Wildman–Crippen MR) is 68.6 cm³/mol. The summed E-state index contributed by atoms with van der Waals surface area (Å²) in [6, 6.07) is 0. The zero-order chi connectivity index (χ0) is 12.0. The zero-order valence-electron chi connectivity index (χ0n) is 11.1. The maximum Gasteiger partial charge on any atom is 0.0613 e. The van der Waals surface area contributed by atoms with Crippen LogP contribution in [0.5, 0.6) is 0 Å². The highest BCUT2D eigenvalue weighted by Gasteiger charge is 2.36. The molecule has 1 rings (SSSR count). The first-order valence-electron chi connectivity index (χ1n) is 6.74. The minimum atomic E-state index is 0.0204. The summed E-state index contributed by atoms with van der Waals surface area (Å²) in [5.41, 5.74) is 0.0204. The van der Waals surface area contributed by atoms with Crippen molar-refractivity contribution in [2.45, 2.75) is 45.6 Å². The van der Waals surface area contributed by atoms with Gasteiger partial charge in [-0.1, -0.05) is 20.8 Å². The average Bonchev–Trinajstić information content (AvgIpc) is 2.67. The van der Waals surface area contributed by atoms with Crippen molar-refractivity contribution in [3.63, 3.8) is 0 Å². The molecule has 1 aliphatic rings. The first-order valence-corrected chi connectivity index (χ1v) is 6.74. The average molecular weight is 228 g/mol. The van der Waals surface area contributed by atoms with Gasteiger partial charge >= 0.3 is 0 Å². The molecule has 0 radical (unpaired) electrons. The van der Waals surface area contributed by atoms with E-state index in [2.05, 4.69) is 31.0 Å². The third-order valence-corrected chi connectivity index (χ3v) is 3.98. The van der Waals surface area contributed by atoms with E-state index in [1.807, 2.05) is 0 Å². The van der Waals surface area contributed by atoms with Crippen molar-refractivity contribution in [3.05, 3.63) is 0 Å². The van der Waals surface area contributed by atoms with Crippen LogP contribution in [0.3, 0.4) is 0 Å². The molecule has 1 fully saturated rings. The lowest BCUT2D eigenvalue weighted by Gasteiger charge is -2.30. The van der Waals surface area contributed by atoms with Gasteiger partial charge in [-0.15, -0.1) is 0 Å². The monoisotopic (exact) mass is 228 g/mol. The van der Waals surface area contributed by atoms with Gasteiger partial charge in [0.1, 0.15) is 0 Å². The minimum Gasteiger partial charge on any atom is -0.394 e. The standard InChI is InChI=1S/C13H28N2O/c1-4-15(5-2)9-8-14-13(11-16)7-6-12(3)10-13/h12,14,16H,4-11H2,1-3H3. The molecule has 1 aliphatic carbocycles. The van der Waals surface area contributed by atoms with Crippen LogP contribution in [0.15, 0.2) is 0 Å². The van der Waals surface area contributed by atoms with E-state index in [9.17, 15) is 5.11 Å². The van der Waals surface area contributed by atoms with Crippen molar-refractivity contribution in [2.75, 3.05) is 32.8 Å². The van der Waals surface area contributed by atoms with E-state index < -0.39 is 0 Å². The Morgan fingerprint density at radius 2 is 2.06 bits per heavy atom. The van der Waals surface area contributed by atoms with Gasteiger partial charge in [0.15, 0.2) is 0 Å². The zero-order valence-corrected chi connectivity index (χ0v) is 11.1. The molecular formula is C13H28N2O. The second-order valence-electron chi connectivity index (χ2n) is 5.24. The molecule has 0 aromatic rings. The summed E-state index contributed by atoms with van der Waals surface area (Å²) >= 11 is 0. The summed E-state index contributed by atoms with van der Waals surface area (Å²) in [5.74, 6) is 0.758. The number of nitrogens with zero attached hydrogens (tertiary/aromatic N) is 1. The van der Waals surface area contributed by atoms with E-state index >= 15 is 0 Å². The van der Waals surface area contributed by atoms with Gasteiger partial charge in [-0.3, -0.25) is 0 Å². The summed E-state index contributed by atoms with van der Waals surface area (Å²) in [6.45, 7) is 11.3. The lowest BCUT2D eigenvalue weighted by Crippen LogP contribution is -2.49. The fraction of sp³-hybridized carbons (Fsp3) is 1.00. The number of nitrogens with one attached hydrogen (secondary N) is 1. The Balaban J connectivity index is 2.29. The molecule has 0 spiro atoms. The van der Waals surface area contributed by atoms with Crippen LogP contribution in [0, 0.1) is 5.92 Å². The van der Waals surface area contributed by atoms with E-state index in [0.717, 1.165) is 44.9 Å². The topological polar surface area (TPSA) is 35.5 Å². The Hall–Kier alpha value is -0.120. The molecule has 0 saturated heterocycles. The Bertz CT molecular complexity index is 194. The third kappa shape index (κ3) is 3.72. The van der Waals surface area contributed by atoms with Gasteiger partial charge in [-0.05, 0) is 38.3 Å². The van der Waals surface area contributed by atoms with Crippen molar-refractivity contribution in [3.8, 4) is 0 Å². The second-order valence-corrected chi connectivity index (χ2v) is 5.24. The maximum absolute atomic E-state index is 9.54. The number of rotatable bonds is 7. The molecule has 0 amide bonds. The smallest absolute Gasteiger partial charge is 0.0613 e. The highest BCUT2D eigenvalue weighted by Crippen LogP contribution is 2.33. The number of hydrogen-bond acceptors (Lipinski definition) is 3. The van der Waals surface area contributed by atoms with Gasteiger partial charge in [-0.2, -0.15) is 0 Å². The third-order valence-electron chi connectivity index (χ3n) is 3.98. The number of likely N-dealkylation sites (N-methyl/N-ethyl adjacent to an activating group) is 1. The van der Waals surface area contributed by atoms with E-state index in [4.69, 9.17) is 0 Å². The van der Waals surface area contributed by atoms with Crippen LogP contribution in [0.2, 0.25) is 0 Å². The van der Waals surface area contributed by atoms with E-state index in [1.165, 1.54) is 6.42 Å². The Kier molecular flexibility index (Phi) is 5.73. The van der Waals surface area contributed by atoms with Gasteiger partial charge in [0.05, 0.1) is 6.61 Å². The molecule has 2 unspecified atom stereocenters. The van der Waals surface area contributed by atoms with Gasteiger partial charge in [0.25, 0.3) is 0 Å². The Labute approximate surface area is 100 Å². The number of hydrogen-bond donors (Lipinski definition) is 2. The first-order chi connectivity index (χ1) is 7.65. The summed E-state index contributed by atoms with van der Waals surface area (Å²) in [7, 11) is 0. The number of aliphatic hydroxyl groups excluding tert-OH is 1. The minimum absolute atomic E-state index is 0.0204. The fourth-order valence-corrected chi connectivity index (χ4v) is 2.77. The maximum atomic E-state index is 9.54. The van der Waals surface area contributed by atoms with E-state index in [0.29, 0.717) is 0 Å². The molecule has 3 nitrogen and oxygen atoms in total. The van der Waals surface area contributed by atoms with Crippen LogP contribution in [0.1, 0.15) is 40.0 Å². The molecule has 0 aliphatic heterocycles. The van der Waals surface area contributed by atoms with Crippen molar-refractivity contribution in [2.24, 2.45) is 5.92 Å². The SMILES string of the molecule is CCN(CC)CCNC1(CO)CCC(C)C1. The second kappa shape index (κ2) is 6.58. The summed E-state index contributed by atoms with van der Waals surface area (Å²) < 4.78 is 0. The molecule has 0 bridgehead atoms. The predicted octanol–water partition coefficient (Wildman–Crippen LogP) is 1.47. The normalized spacial score (nSPS) is 30.2. The molecule has 96 valence electrons. The molecule has 1 saturated carbocycles. The molecule has 2 atom stereocenters. The van der Waals surface area contributed by atoms with Crippen LogP contribution >= 0.6 is 0 Å². The lowest BCUT2D eigenvalue weighted by molar-refractivity contribution is 0.155. The summed E-state index contributed by atoms with van der Waals surface area (Å²) in [5, 5.41) is 13.1. The molecule has 0 aromatic carbocycles. The van der Waals surface area contributed by atoms with Gasteiger partial charge < -0.3 is 15.3 Å². The van der Waals surface area contributed by atoms with Crippen LogP contribution in [-0.2, 0) is 0 Å². The largest absolute Gasteiger partial charge is 0.394 e. The lowest BCUT2D eigenvalue weighted by atomic mass is 9.97. The molecule has 0 aromatic heterocycles. The molecule has 2 N–H and O–H groups in total. The first kappa shape index (κ1) is 13.9. The van der Waals surface area contributed by atoms with Crippen molar-refractivity contribution in [1.82, 2.24) is 10.2 Å². The molecular weight excluding hydrogens is 200 g/mol. The van der Waals surface area contributed by atoms with Crippen molar-refractivity contribution < 1.29 is 5.11 Å². The Morgan fingerprint density at radius 1 is 1.38 bits per heavy atom. The van der Waals surface area contributed by atoms with Gasteiger partial charge in [-0.25, -0.2) is 0 Å². The van der Waals surface area contributed by atoms with Crippen LogP contribution in [-0.4, -0.2) is 48.3 Å². The van der Waals surface area contributed by atoms with Gasteiger partial charge in [0, 0.05) is 18.6 Å². The number of aliphatic hydroxyl groups is 1. The van der Waals surface area contributed by atoms with E-state index in [-0.39, 0.29) is 12.1 Å². The highest BCUT2D eigenvalue weighted by atomic mass is 16.3. The van der Waals surface area contributed by atoms with E-state index in [1.54, 1.807) is 0 Å². The van der Waals surface area contributed by atoms with Crippen LogP contribution < -0.4 is 5.32 Å². The fourth-order valence-electron chi connectivity index (χ4n) is 2.77. The summed E-state index contributed by atoms with van der Waals surface area (Å²) in [4.78, 5) is 2.41. The molecule has 3 heteroatoms. The quantitative estimate of drug-likeness (QED) is 0.692. The van der Waals surface area contributed by atoms with Crippen molar-refractivity contribution >= 4 is 0 Å². The Morgan fingerprint density at radius 3 is 2.50 bits per heavy atom. The van der Waals surface area contributed by atoms with Gasteiger partial charge in [0.2, 0.25) is 0 Å². The van der Waals surface area contributed by atoms with Crippen LogP contribution in [0.25, 0.3) is 0 Å². The summed E-state index contributed by atoms with van der Waals surface area (Å²) in [6.07, 6.45) is 3.50. The molecule has 0 heterocycles.